The average Bonchev–Trinajstić information content (AvgIpc) is 2.69. The molecule has 1 fully saturated rings. The van der Waals surface area contributed by atoms with Crippen LogP contribution >= 0.6 is 0 Å². The number of aromatic hydroxyl groups is 2. The Morgan fingerprint density at radius 1 is 0.862 bits per heavy atom. The van der Waals surface area contributed by atoms with Gasteiger partial charge in [0, 0.05) is 5.41 Å². The summed E-state index contributed by atoms with van der Waals surface area (Å²) < 4.78 is 0. The second-order valence-electron chi connectivity index (χ2n) is 10.1. The van der Waals surface area contributed by atoms with E-state index in [9.17, 15) is 10.2 Å². The summed E-state index contributed by atoms with van der Waals surface area (Å²) in [5.41, 5.74) is 6.63. The Labute approximate surface area is 177 Å². The summed E-state index contributed by atoms with van der Waals surface area (Å²) in [5, 5.41) is 20.8. The second-order valence-corrected chi connectivity index (χ2v) is 10.1. The van der Waals surface area contributed by atoms with Crippen molar-refractivity contribution in [2.45, 2.75) is 86.0 Å². The van der Waals surface area contributed by atoms with E-state index >= 15 is 0 Å². The van der Waals surface area contributed by atoms with E-state index in [0.29, 0.717) is 22.8 Å². The highest BCUT2D eigenvalue weighted by molar-refractivity contribution is 5.52. The van der Waals surface area contributed by atoms with Crippen LogP contribution in [0.4, 0.5) is 0 Å². The fourth-order valence-electron chi connectivity index (χ4n) is 5.39. The molecule has 0 aromatic heterocycles. The van der Waals surface area contributed by atoms with Crippen LogP contribution in [-0.2, 0) is 5.41 Å². The monoisotopic (exact) mass is 394 g/mol. The molecule has 0 spiro atoms. The van der Waals surface area contributed by atoms with Gasteiger partial charge in [0.2, 0.25) is 0 Å². The molecule has 2 N–H and O–H groups in total. The number of rotatable bonds is 4. The van der Waals surface area contributed by atoms with Crippen molar-refractivity contribution in [2.75, 3.05) is 0 Å². The number of aryl methyl sites for hydroxylation is 4. The van der Waals surface area contributed by atoms with E-state index in [1.807, 2.05) is 27.7 Å². The Morgan fingerprint density at radius 3 is 1.66 bits per heavy atom. The Balaban J connectivity index is 2.25. The Kier molecular flexibility index (Phi) is 5.77. The third kappa shape index (κ3) is 3.79. The lowest BCUT2D eigenvalue weighted by atomic mass is 9.57. The van der Waals surface area contributed by atoms with Crippen LogP contribution in [0, 0.1) is 39.0 Å². The van der Waals surface area contributed by atoms with Gasteiger partial charge in [-0.05, 0) is 91.7 Å². The Bertz CT molecular complexity index is 803. The molecule has 2 aromatic rings. The first kappa shape index (κ1) is 21.7. The lowest BCUT2D eigenvalue weighted by Gasteiger charge is -2.47. The highest BCUT2D eigenvalue weighted by atomic mass is 16.3. The molecule has 0 saturated heterocycles. The topological polar surface area (TPSA) is 40.5 Å². The minimum atomic E-state index is -0.0816. The number of phenolic OH excluding ortho intramolecular Hbond substituents is 2. The molecule has 3 rings (SSSR count). The molecule has 2 heteroatoms. The lowest BCUT2D eigenvalue weighted by Crippen LogP contribution is -2.39. The summed E-state index contributed by atoms with van der Waals surface area (Å²) >= 11 is 0. The maximum Gasteiger partial charge on any atom is 0.121 e. The largest absolute Gasteiger partial charge is 0.507 e. The van der Waals surface area contributed by atoms with Gasteiger partial charge in [0.05, 0.1) is 0 Å². The molecule has 0 bridgehead atoms. The maximum absolute atomic E-state index is 10.4. The van der Waals surface area contributed by atoms with Crippen LogP contribution in [0.5, 0.6) is 11.5 Å². The second kappa shape index (κ2) is 7.70. The van der Waals surface area contributed by atoms with Gasteiger partial charge in [-0.15, -0.1) is 0 Å². The standard InChI is InChI=1S/C27H38O2/c1-8-26(6,7)21-10-9-11-27(16-21,22-12-17(2)24(28)18(3)13-22)23-14-19(4)25(29)20(5)15-23/h12-15,21,28-29H,8-11,16H2,1-7H3. The van der Waals surface area contributed by atoms with E-state index < -0.39 is 0 Å². The summed E-state index contributed by atoms with van der Waals surface area (Å²) in [6, 6.07) is 8.78. The summed E-state index contributed by atoms with van der Waals surface area (Å²) in [6.45, 7) is 15.1. The third-order valence-electron chi connectivity index (χ3n) is 7.85. The minimum absolute atomic E-state index is 0.0816. The zero-order valence-corrected chi connectivity index (χ0v) is 19.3. The Morgan fingerprint density at radius 2 is 1.28 bits per heavy atom. The summed E-state index contributed by atoms with van der Waals surface area (Å²) in [5.74, 6) is 1.46. The van der Waals surface area contributed by atoms with Crippen LogP contribution < -0.4 is 0 Å². The van der Waals surface area contributed by atoms with Crippen LogP contribution in [0.15, 0.2) is 24.3 Å². The summed E-state index contributed by atoms with van der Waals surface area (Å²) in [4.78, 5) is 0. The molecule has 0 heterocycles. The molecule has 1 aliphatic carbocycles. The van der Waals surface area contributed by atoms with Gasteiger partial charge in [0.25, 0.3) is 0 Å². The molecule has 2 aromatic carbocycles. The SMILES string of the molecule is CCC(C)(C)C1CCCC(c2cc(C)c(O)c(C)c2)(c2cc(C)c(O)c(C)c2)C1. The fourth-order valence-corrected chi connectivity index (χ4v) is 5.39. The van der Waals surface area contributed by atoms with E-state index in [1.165, 1.54) is 30.4 Å². The van der Waals surface area contributed by atoms with E-state index in [4.69, 9.17) is 0 Å². The predicted octanol–water partition coefficient (Wildman–Crippen LogP) is 7.24. The normalized spacial score (nSPS) is 19.3. The van der Waals surface area contributed by atoms with Gasteiger partial charge in [-0.1, -0.05) is 57.9 Å². The van der Waals surface area contributed by atoms with Crippen molar-refractivity contribution in [3.05, 3.63) is 57.6 Å². The van der Waals surface area contributed by atoms with Crippen molar-refractivity contribution in [1.82, 2.24) is 0 Å². The van der Waals surface area contributed by atoms with E-state index in [0.717, 1.165) is 35.1 Å². The number of hydrogen-bond acceptors (Lipinski definition) is 2. The molecule has 1 aliphatic rings. The summed E-state index contributed by atoms with van der Waals surface area (Å²) in [7, 11) is 0. The van der Waals surface area contributed by atoms with Crippen LogP contribution in [0.2, 0.25) is 0 Å². The van der Waals surface area contributed by atoms with Crippen molar-refractivity contribution < 1.29 is 10.2 Å². The van der Waals surface area contributed by atoms with Gasteiger partial charge in [0.15, 0.2) is 0 Å². The lowest BCUT2D eigenvalue weighted by molar-refractivity contribution is 0.116. The minimum Gasteiger partial charge on any atom is -0.507 e. The van der Waals surface area contributed by atoms with Crippen molar-refractivity contribution in [3.8, 4) is 11.5 Å². The number of hydrogen-bond donors (Lipinski definition) is 2. The smallest absolute Gasteiger partial charge is 0.121 e. The van der Waals surface area contributed by atoms with E-state index in [2.05, 4.69) is 45.0 Å². The molecule has 0 radical (unpaired) electrons. The zero-order valence-electron chi connectivity index (χ0n) is 19.3. The summed E-state index contributed by atoms with van der Waals surface area (Å²) in [6.07, 6.45) is 5.87. The average molecular weight is 395 g/mol. The molecular weight excluding hydrogens is 356 g/mol. The molecule has 1 saturated carbocycles. The zero-order chi connectivity index (χ0) is 21.6. The first-order valence-electron chi connectivity index (χ1n) is 11.1. The van der Waals surface area contributed by atoms with Crippen LogP contribution in [0.25, 0.3) is 0 Å². The van der Waals surface area contributed by atoms with Gasteiger partial charge < -0.3 is 10.2 Å². The van der Waals surface area contributed by atoms with Crippen LogP contribution in [0.3, 0.4) is 0 Å². The fraction of sp³-hybridized carbons (Fsp3) is 0.556. The third-order valence-corrected chi connectivity index (χ3v) is 7.85. The first-order chi connectivity index (χ1) is 13.5. The highest BCUT2D eigenvalue weighted by Crippen LogP contribution is 2.53. The van der Waals surface area contributed by atoms with E-state index in [1.54, 1.807) is 0 Å². The van der Waals surface area contributed by atoms with Crippen LogP contribution in [-0.4, -0.2) is 10.2 Å². The molecule has 0 amide bonds. The Hall–Kier alpha value is -1.96. The van der Waals surface area contributed by atoms with Crippen molar-refractivity contribution in [1.29, 1.82) is 0 Å². The molecule has 0 aliphatic heterocycles. The quantitative estimate of drug-likeness (QED) is 0.573. The molecule has 2 nitrogen and oxygen atoms in total. The van der Waals surface area contributed by atoms with Gasteiger partial charge in [-0.25, -0.2) is 0 Å². The van der Waals surface area contributed by atoms with Gasteiger partial charge in [0.1, 0.15) is 11.5 Å². The maximum atomic E-state index is 10.4. The van der Waals surface area contributed by atoms with Gasteiger partial charge >= 0.3 is 0 Å². The van der Waals surface area contributed by atoms with Gasteiger partial charge in [-0.2, -0.15) is 0 Å². The predicted molar refractivity (Wildman–Crippen MR) is 122 cm³/mol. The molecular formula is C27H38O2. The molecule has 158 valence electrons. The molecule has 29 heavy (non-hydrogen) atoms. The van der Waals surface area contributed by atoms with Crippen molar-refractivity contribution in [3.63, 3.8) is 0 Å². The van der Waals surface area contributed by atoms with Crippen molar-refractivity contribution >= 4 is 0 Å². The van der Waals surface area contributed by atoms with Gasteiger partial charge in [-0.3, -0.25) is 0 Å². The van der Waals surface area contributed by atoms with Crippen LogP contribution in [0.1, 0.15) is 86.3 Å². The number of phenols is 2. The van der Waals surface area contributed by atoms with E-state index in [-0.39, 0.29) is 5.41 Å². The highest BCUT2D eigenvalue weighted by Gasteiger charge is 2.44. The number of benzene rings is 2. The first-order valence-corrected chi connectivity index (χ1v) is 11.1. The van der Waals surface area contributed by atoms with Crippen molar-refractivity contribution in [2.24, 2.45) is 11.3 Å². The molecule has 1 unspecified atom stereocenters. The molecule has 1 atom stereocenters.